The van der Waals surface area contributed by atoms with Crippen LogP contribution in [0.25, 0.3) is 10.9 Å². The van der Waals surface area contributed by atoms with Crippen LogP contribution in [-0.2, 0) is 37.0 Å². The van der Waals surface area contributed by atoms with Gasteiger partial charge in [0, 0.05) is 17.4 Å². The van der Waals surface area contributed by atoms with E-state index in [-0.39, 0.29) is 49.4 Å². The average Bonchev–Trinajstić information content (AvgIpc) is 3.96. The third-order valence-corrected chi connectivity index (χ3v) is 13.7. The SMILES string of the molecule is CC(=O)[C@@H]1C[C@]2(CCc3c(c(C(F)(F)F)nc4ccccc34)O2)CN1C(=O)[C@H](CCCCC/C=C\[C@@H]1C[C@]1(C)C(=O)NS(=O)(=O)C1(C)CC1)NC(=O)O. The Labute approximate surface area is 306 Å². The minimum absolute atomic E-state index is 0.0410. The monoisotopic (exact) mass is 762 g/mol. The Morgan fingerprint density at radius 1 is 1.09 bits per heavy atom. The summed E-state index contributed by atoms with van der Waals surface area (Å²) in [6, 6.07) is 4.29. The summed E-state index contributed by atoms with van der Waals surface area (Å²) in [7, 11) is -3.71. The highest BCUT2D eigenvalue weighted by molar-refractivity contribution is 7.91. The molecule has 5 atom stereocenters. The number of carboxylic acid groups (broad SMARTS) is 1. The highest BCUT2D eigenvalue weighted by Crippen LogP contribution is 2.54. The Bertz CT molecular complexity index is 1970. The normalized spacial score (nSPS) is 26.6. The van der Waals surface area contributed by atoms with Gasteiger partial charge in [-0.3, -0.25) is 19.1 Å². The van der Waals surface area contributed by atoms with Crippen molar-refractivity contribution in [3.05, 3.63) is 47.7 Å². The van der Waals surface area contributed by atoms with Crippen molar-refractivity contribution in [2.24, 2.45) is 11.3 Å². The molecule has 3 heterocycles. The van der Waals surface area contributed by atoms with Crippen LogP contribution in [0.1, 0.15) is 96.2 Å². The fourth-order valence-corrected chi connectivity index (χ4v) is 8.99. The maximum absolute atomic E-state index is 14.3. The molecular weight excluding hydrogens is 717 g/mol. The van der Waals surface area contributed by atoms with Gasteiger partial charge < -0.3 is 20.1 Å². The van der Waals surface area contributed by atoms with Gasteiger partial charge >= 0.3 is 12.3 Å². The van der Waals surface area contributed by atoms with Gasteiger partial charge in [0.05, 0.1) is 28.3 Å². The molecule has 2 aliphatic heterocycles. The number of hydrogen-bond donors (Lipinski definition) is 3. The lowest BCUT2D eigenvalue weighted by Gasteiger charge is -2.37. The van der Waals surface area contributed by atoms with Crippen LogP contribution >= 0.6 is 0 Å². The number of benzene rings is 1. The molecule has 1 aromatic carbocycles. The number of fused-ring (bicyclic) bond motifs is 3. The number of halogens is 3. The van der Waals surface area contributed by atoms with Gasteiger partial charge in [0.15, 0.2) is 17.2 Å². The maximum Gasteiger partial charge on any atom is 0.437 e. The van der Waals surface area contributed by atoms with E-state index in [2.05, 4.69) is 15.0 Å². The van der Waals surface area contributed by atoms with Gasteiger partial charge in [-0.05, 0) is 77.2 Å². The van der Waals surface area contributed by atoms with E-state index in [1.165, 1.54) is 17.9 Å². The number of allylic oxidation sites excluding steroid dienone is 2. The summed E-state index contributed by atoms with van der Waals surface area (Å²) in [6.45, 7) is 4.47. The molecule has 1 saturated heterocycles. The Balaban J connectivity index is 1.05. The summed E-state index contributed by atoms with van der Waals surface area (Å²) in [5.74, 6) is -2.01. The first-order valence-corrected chi connectivity index (χ1v) is 19.5. The predicted molar refractivity (Wildman–Crippen MR) is 187 cm³/mol. The number of nitrogens with one attached hydrogen (secondary N) is 2. The maximum atomic E-state index is 14.3. The summed E-state index contributed by atoms with van der Waals surface area (Å²) in [6.07, 6.45) is 2.20. The van der Waals surface area contributed by atoms with Crippen LogP contribution in [0.2, 0.25) is 0 Å². The van der Waals surface area contributed by atoms with Crippen molar-refractivity contribution in [1.82, 2.24) is 19.9 Å². The molecule has 53 heavy (non-hydrogen) atoms. The quantitative estimate of drug-likeness (QED) is 0.172. The Morgan fingerprint density at radius 3 is 2.47 bits per heavy atom. The Kier molecular flexibility index (Phi) is 10.1. The fourth-order valence-electron chi connectivity index (χ4n) is 7.63. The molecule has 4 aliphatic rings. The number of sulfonamides is 1. The van der Waals surface area contributed by atoms with Gasteiger partial charge in [-0.15, -0.1) is 0 Å². The zero-order valence-corrected chi connectivity index (χ0v) is 30.7. The number of amides is 3. The topological polar surface area (TPSA) is 172 Å². The number of rotatable bonds is 13. The molecular formula is C37H45F3N4O8S. The number of para-hydroxylation sites is 1. The van der Waals surface area contributed by atoms with Crippen LogP contribution in [-0.4, -0.2) is 76.1 Å². The molecule has 3 N–H and O–H groups in total. The molecule has 1 spiro atoms. The lowest BCUT2D eigenvalue weighted by Crippen LogP contribution is -2.52. The van der Waals surface area contributed by atoms with E-state index in [1.807, 2.05) is 12.2 Å². The second-order valence-corrected chi connectivity index (χ2v) is 17.7. The first kappa shape index (κ1) is 38.5. The van der Waals surface area contributed by atoms with Crippen molar-refractivity contribution in [1.29, 1.82) is 0 Å². The summed E-state index contributed by atoms with van der Waals surface area (Å²) >= 11 is 0. The van der Waals surface area contributed by atoms with Gasteiger partial charge in [0.2, 0.25) is 21.8 Å². The second-order valence-electron chi connectivity index (χ2n) is 15.5. The average molecular weight is 763 g/mol. The molecule has 0 radical (unpaired) electrons. The Hall–Kier alpha value is -4.21. The summed E-state index contributed by atoms with van der Waals surface area (Å²) in [4.78, 5) is 56.3. The van der Waals surface area contributed by atoms with Crippen molar-refractivity contribution in [2.75, 3.05) is 6.54 Å². The second kappa shape index (κ2) is 13.9. The molecule has 2 aromatic rings. The standard InChI is InChI=1S/C37H45F3N4O8S/c1-22(45)28-20-36(16-15-25-24-12-9-10-13-26(24)41-30(29(25)52-36)37(38,39)40)21-44(28)31(46)27(42-33(48)49)14-8-6-4-5-7-11-23-19-35(23,3)32(47)43-53(50,51)34(2)17-18-34/h7,9-13,23,27-28,42H,4-6,8,14-21H2,1-3H3,(H,43,47)(H,48,49)/b11-7-/t23-,27+,28+,35+,36-/m1/s1. The summed E-state index contributed by atoms with van der Waals surface area (Å²) < 4.78 is 75.2. The third kappa shape index (κ3) is 7.74. The molecule has 288 valence electrons. The molecule has 6 rings (SSSR count). The van der Waals surface area contributed by atoms with E-state index < -0.39 is 73.4 Å². The number of ketones is 1. The number of carbonyl (C=O) groups is 4. The molecule has 0 bridgehead atoms. The van der Waals surface area contributed by atoms with Gasteiger partial charge in [0.25, 0.3) is 0 Å². The predicted octanol–water partition coefficient (Wildman–Crippen LogP) is 5.67. The zero-order chi connectivity index (χ0) is 38.6. The van der Waals surface area contributed by atoms with Crippen LogP contribution in [0.4, 0.5) is 18.0 Å². The van der Waals surface area contributed by atoms with Crippen LogP contribution in [0, 0.1) is 11.3 Å². The number of alkyl halides is 3. The molecule has 3 fully saturated rings. The van der Waals surface area contributed by atoms with Crippen LogP contribution in [0.5, 0.6) is 5.75 Å². The first-order chi connectivity index (χ1) is 24.8. The number of unbranched alkanes of at least 4 members (excludes halogenated alkanes) is 3. The number of hydrogen-bond acceptors (Lipinski definition) is 8. The van der Waals surface area contributed by atoms with Gasteiger partial charge in [-0.2, -0.15) is 13.2 Å². The molecule has 2 aliphatic carbocycles. The third-order valence-electron chi connectivity index (χ3n) is 11.5. The number of nitrogens with zero attached hydrogens (tertiary/aromatic N) is 2. The minimum atomic E-state index is -4.82. The lowest BCUT2D eigenvalue weighted by atomic mass is 9.86. The molecule has 16 heteroatoms. The number of pyridine rings is 1. The Morgan fingerprint density at radius 2 is 1.81 bits per heavy atom. The van der Waals surface area contributed by atoms with Gasteiger partial charge in [-0.1, -0.05) is 50.1 Å². The van der Waals surface area contributed by atoms with E-state index >= 15 is 0 Å². The fraction of sp³-hybridized carbons (Fsp3) is 0.595. The van der Waals surface area contributed by atoms with Crippen molar-refractivity contribution >= 4 is 44.6 Å². The number of aromatic nitrogens is 1. The minimum Gasteiger partial charge on any atom is -0.483 e. The lowest BCUT2D eigenvalue weighted by molar-refractivity contribution is -0.144. The van der Waals surface area contributed by atoms with Crippen molar-refractivity contribution < 1.29 is 50.6 Å². The largest absolute Gasteiger partial charge is 0.483 e. The van der Waals surface area contributed by atoms with Gasteiger partial charge in [-0.25, -0.2) is 18.2 Å². The number of likely N-dealkylation sites (tertiary alicyclic amines) is 1. The van der Waals surface area contributed by atoms with Crippen LogP contribution < -0.4 is 14.8 Å². The molecule has 3 amide bonds. The zero-order valence-electron chi connectivity index (χ0n) is 29.9. The van der Waals surface area contributed by atoms with E-state index in [0.717, 1.165) is 0 Å². The van der Waals surface area contributed by atoms with Crippen molar-refractivity contribution in [3.8, 4) is 5.75 Å². The van der Waals surface area contributed by atoms with Crippen molar-refractivity contribution in [2.45, 2.75) is 120 Å². The van der Waals surface area contributed by atoms with Crippen molar-refractivity contribution in [3.63, 3.8) is 0 Å². The molecule has 0 unspecified atom stereocenters. The summed E-state index contributed by atoms with van der Waals surface area (Å²) in [5, 5.41) is 12.4. The highest BCUT2D eigenvalue weighted by atomic mass is 32.2. The number of Topliss-reactive ketones (excluding diaryl/α,β-unsaturated/α-hetero) is 1. The number of carbonyl (C=O) groups excluding carboxylic acids is 3. The number of aryl methyl sites for hydroxylation is 1. The number of ether oxygens (including phenoxy) is 1. The van der Waals surface area contributed by atoms with Crippen LogP contribution in [0.15, 0.2) is 36.4 Å². The first-order valence-electron chi connectivity index (χ1n) is 18.0. The van der Waals surface area contributed by atoms with Gasteiger partial charge in [0.1, 0.15) is 11.6 Å². The summed E-state index contributed by atoms with van der Waals surface area (Å²) in [5.41, 5.74) is -2.70. The van der Waals surface area contributed by atoms with E-state index in [1.54, 1.807) is 32.0 Å². The molecule has 12 nitrogen and oxygen atoms in total. The highest BCUT2D eigenvalue weighted by Gasteiger charge is 2.58. The van der Waals surface area contributed by atoms with E-state index in [4.69, 9.17) is 4.74 Å². The van der Waals surface area contributed by atoms with Crippen LogP contribution in [0.3, 0.4) is 0 Å². The van der Waals surface area contributed by atoms with E-state index in [9.17, 15) is 45.9 Å². The molecule has 1 aromatic heterocycles. The molecule has 2 saturated carbocycles. The smallest absolute Gasteiger partial charge is 0.437 e. The van der Waals surface area contributed by atoms with E-state index in [0.29, 0.717) is 55.9 Å².